The number of ether oxygens (including phenoxy) is 2. The van der Waals surface area contributed by atoms with Crippen molar-refractivity contribution in [3.05, 3.63) is 233 Å². The van der Waals surface area contributed by atoms with Gasteiger partial charge in [-0.15, -0.1) is 45.3 Å². The van der Waals surface area contributed by atoms with Crippen LogP contribution >= 0.6 is 91.8 Å². The van der Waals surface area contributed by atoms with E-state index in [1.54, 1.807) is 61.0 Å². The minimum atomic E-state index is -4.67. The van der Waals surface area contributed by atoms with Crippen molar-refractivity contribution in [1.82, 2.24) is 0 Å². The summed E-state index contributed by atoms with van der Waals surface area (Å²) in [6.45, 7) is 11.0. The first kappa shape index (κ1) is 75.7. The Labute approximate surface area is 591 Å². The topological polar surface area (TPSA) is 236 Å². The molecule has 23 heteroatoms. The summed E-state index contributed by atoms with van der Waals surface area (Å²) in [7, 11) is -4.67. The smallest absolute Gasteiger partial charge is 0.394 e. The molecule has 0 bridgehead atoms. The normalized spacial score (nSPS) is 12.0. The van der Waals surface area contributed by atoms with Crippen LogP contribution in [0.1, 0.15) is 94.2 Å². The Morgan fingerprint density at radius 1 is 0.438 bits per heavy atom. The first-order valence-electron chi connectivity index (χ1n) is 29.0. The number of rotatable bonds is 14. The number of thiophene rings is 4. The minimum Gasteiger partial charge on any atom is -0.481 e. The van der Waals surface area contributed by atoms with Crippen molar-refractivity contribution in [1.29, 1.82) is 0 Å². The van der Waals surface area contributed by atoms with Crippen LogP contribution in [-0.2, 0) is 74.3 Å². The first-order chi connectivity index (χ1) is 44.7. The number of ketones is 2. The first-order valence-corrected chi connectivity index (χ1v) is 35.4. The van der Waals surface area contributed by atoms with E-state index in [1.807, 2.05) is 183 Å². The molecule has 0 saturated carbocycles. The number of halogens is 4. The Morgan fingerprint density at radius 2 is 0.781 bits per heavy atom. The lowest BCUT2D eigenvalue weighted by molar-refractivity contribution is -0.158. The summed E-state index contributed by atoms with van der Waals surface area (Å²) in [6.07, 6.45) is 0.560. The number of carboxylic acid groups (broad SMARTS) is 2. The van der Waals surface area contributed by atoms with Gasteiger partial charge in [0.1, 0.15) is 23.0 Å². The van der Waals surface area contributed by atoms with Gasteiger partial charge in [-0.25, -0.2) is 0 Å². The van der Waals surface area contributed by atoms with Gasteiger partial charge in [0.15, 0.2) is 11.6 Å². The molecule has 0 aliphatic rings. The summed E-state index contributed by atoms with van der Waals surface area (Å²) in [6, 6.07) is 49.7. The lowest BCUT2D eigenvalue weighted by Gasteiger charge is -2.23. The molecule has 4 heterocycles. The zero-order valence-corrected chi connectivity index (χ0v) is 58.8. The maximum absolute atomic E-state index is 13.5. The second-order valence-electron chi connectivity index (χ2n) is 23.6. The third-order valence-corrected chi connectivity index (χ3v) is 18.9. The second-order valence-corrected chi connectivity index (χ2v) is 29.9. The number of carbonyl (C=O) groups excluding carboxylic acids is 4. The molecule has 2 atom stereocenters. The fourth-order valence-electron chi connectivity index (χ4n) is 10.1. The van der Waals surface area contributed by atoms with Crippen LogP contribution in [0.5, 0.6) is 0 Å². The number of fused-ring (bicyclic) bond motifs is 6. The molecule has 0 saturated heterocycles. The van der Waals surface area contributed by atoms with Gasteiger partial charge in [-0.1, -0.05) is 139 Å². The van der Waals surface area contributed by atoms with E-state index in [1.165, 1.54) is 22.7 Å². The molecule has 12 aromatic rings. The highest BCUT2D eigenvalue weighted by molar-refractivity contribution is 7.79. The fraction of sp³-hybridized carbons (Fsp3) is 0.205. The quantitative estimate of drug-likeness (QED) is 0.0450. The molecular formula is C73H66Cl4O14S5. The summed E-state index contributed by atoms with van der Waals surface area (Å²) in [5.74, 6) is -5.42. The van der Waals surface area contributed by atoms with E-state index in [-0.39, 0.29) is 50.6 Å². The van der Waals surface area contributed by atoms with Gasteiger partial charge in [0.05, 0.1) is 12.8 Å². The van der Waals surface area contributed by atoms with Gasteiger partial charge in [-0.05, 0) is 212 Å². The molecule has 0 amide bonds. The lowest BCUT2D eigenvalue weighted by atomic mass is 9.90. The molecule has 0 spiro atoms. The van der Waals surface area contributed by atoms with Crippen LogP contribution < -0.4 is 0 Å². The van der Waals surface area contributed by atoms with Crippen LogP contribution in [0, 0.1) is 0 Å². The fourth-order valence-corrected chi connectivity index (χ4v) is 14.6. The van der Waals surface area contributed by atoms with E-state index < -0.39 is 51.3 Å². The Bertz CT molecular complexity index is 4930. The zero-order valence-electron chi connectivity index (χ0n) is 51.7. The summed E-state index contributed by atoms with van der Waals surface area (Å²) in [5.41, 5.74) is 3.52. The van der Waals surface area contributed by atoms with Gasteiger partial charge in [0.2, 0.25) is 0 Å². The number of hydrogen-bond acceptors (Lipinski definition) is 14. The molecule has 0 aliphatic heterocycles. The van der Waals surface area contributed by atoms with Crippen molar-refractivity contribution in [2.24, 2.45) is 0 Å². The minimum absolute atomic E-state index is 0. The molecule has 0 fully saturated rings. The number of carbonyl (C=O) groups is 6. The van der Waals surface area contributed by atoms with Gasteiger partial charge in [-0.3, -0.25) is 37.9 Å². The van der Waals surface area contributed by atoms with E-state index in [0.717, 1.165) is 84.1 Å². The largest absolute Gasteiger partial charge is 0.481 e. The molecule has 4 aromatic heterocycles. The molecule has 500 valence electrons. The van der Waals surface area contributed by atoms with Crippen molar-refractivity contribution in [3.8, 4) is 0 Å². The molecule has 0 radical (unpaired) electrons. The lowest BCUT2D eigenvalue weighted by Crippen LogP contribution is -2.32. The number of hydrogen-bond donors (Lipinski definition) is 4. The number of Topliss-reactive ketones (excluding diaryl/α,β-unsaturated/α-hetero) is 2. The average Bonchev–Trinajstić information content (AvgIpc) is 1.60. The molecule has 8 aromatic carbocycles. The monoisotopic (exact) mass is 1470 g/mol. The van der Waals surface area contributed by atoms with Gasteiger partial charge in [0, 0.05) is 51.7 Å². The molecule has 2 unspecified atom stereocenters. The molecule has 96 heavy (non-hydrogen) atoms. The molecule has 14 nitrogen and oxygen atoms in total. The van der Waals surface area contributed by atoms with E-state index in [9.17, 15) is 33.9 Å². The summed E-state index contributed by atoms with van der Waals surface area (Å²) in [4.78, 5) is 73.8. The van der Waals surface area contributed by atoms with Crippen molar-refractivity contribution < 1.29 is 66.0 Å². The number of esters is 2. The highest BCUT2D eigenvalue weighted by Gasteiger charge is 2.35. The highest BCUT2D eigenvalue weighted by Crippen LogP contribution is 2.38. The van der Waals surface area contributed by atoms with E-state index in [4.69, 9.17) is 78.5 Å². The summed E-state index contributed by atoms with van der Waals surface area (Å²) in [5, 5.41) is 36.2. The molecule has 12 rings (SSSR count). The van der Waals surface area contributed by atoms with E-state index in [0.29, 0.717) is 31.2 Å². The van der Waals surface area contributed by atoms with Gasteiger partial charge in [0.25, 0.3) is 0 Å². The second kappa shape index (κ2) is 33.1. The van der Waals surface area contributed by atoms with Crippen LogP contribution in [0.3, 0.4) is 0 Å². The Morgan fingerprint density at radius 3 is 1.17 bits per heavy atom. The van der Waals surface area contributed by atoms with Crippen LogP contribution in [0.15, 0.2) is 179 Å². The van der Waals surface area contributed by atoms with Gasteiger partial charge in [-0.2, -0.15) is 8.42 Å². The molecule has 0 aliphatic carbocycles. The standard InChI is InChI=1S/C26H23ClO3S.C22H15ClO3S.C14H15ClO2S.C10H7ClO2S.CH4.H2O4S/c1-26(2,3)30-25(29)24(21-15-31-23-11-10-19(27)14-20(21)23)22(28)13-16-8-9-17-6-4-5-7-18(17)12-16;23-16-7-8-20-17(11-16)18(12-27-20)21(22(25)26)19(24)10-13-5-6-14-3-1-2-4-15(14)9-13;1-14(2,3)17-13(16)6-9-8-18-12-5-4-10(15)7-11(9)12;11-7-1-2-9-8(4-7)6(5-14-9)3-10(12)13;;1-5(2,3)4/h4-12,14-15,24H,13H2,1-3H3;1-9,11-12,21H,10H2,(H,25,26);4-5,7-8H,6H2,1-3H3;1-2,4-5H,3H2,(H,12,13);1H4;(H2,1,2,3,4). The SMILES string of the molecule is C.CC(C)(C)OC(=O)C(C(=O)Cc1ccc2ccccc2c1)c1csc2ccc(Cl)cc12.CC(C)(C)OC(=O)Cc1csc2ccc(Cl)cc12.O=C(O)C(C(=O)Cc1ccc2ccccc2c1)c1csc2ccc(Cl)cc12.O=C(O)Cc1csc2ccc(Cl)cc12.O=S(=O)(O)O. The zero-order chi connectivity index (χ0) is 69.1. The third kappa shape index (κ3) is 21.7. The van der Waals surface area contributed by atoms with Gasteiger partial charge < -0.3 is 19.7 Å². The Balaban J connectivity index is 0.000000182. The van der Waals surface area contributed by atoms with Crippen LogP contribution in [0.4, 0.5) is 0 Å². The third-order valence-electron chi connectivity index (χ3n) is 14.0. The van der Waals surface area contributed by atoms with Crippen molar-refractivity contribution in [2.75, 3.05) is 0 Å². The van der Waals surface area contributed by atoms with Crippen LogP contribution in [-0.4, -0.2) is 74.4 Å². The van der Waals surface area contributed by atoms with Crippen molar-refractivity contribution >= 4 is 199 Å². The average molecular weight is 1470 g/mol. The predicted molar refractivity (Wildman–Crippen MR) is 393 cm³/mol. The maximum atomic E-state index is 13.5. The van der Waals surface area contributed by atoms with E-state index in [2.05, 4.69) is 0 Å². The maximum Gasteiger partial charge on any atom is 0.394 e. The highest BCUT2D eigenvalue weighted by atomic mass is 35.5. The van der Waals surface area contributed by atoms with Crippen molar-refractivity contribution in [3.63, 3.8) is 0 Å². The number of carboxylic acids is 2. The predicted octanol–water partition coefficient (Wildman–Crippen LogP) is 20.2. The number of aliphatic carboxylic acids is 2. The molecule has 4 N–H and O–H groups in total. The number of benzene rings is 8. The molecular weight excluding hydrogens is 1400 g/mol. The summed E-state index contributed by atoms with van der Waals surface area (Å²) >= 11 is 30.2. The van der Waals surface area contributed by atoms with E-state index >= 15 is 0 Å². The Kier molecular flexibility index (Phi) is 26.1. The Hall–Kier alpha value is -7.63. The summed E-state index contributed by atoms with van der Waals surface area (Å²) < 4.78 is 46.7. The van der Waals surface area contributed by atoms with Crippen molar-refractivity contribution in [2.45, 2.75) is 97.7 Å². The van der Waals surface area contributed by atoms with Crippen LogP contribution in [0.2, 0.25) is 20.1 Å². The van der Waals surface area contributed by atoms with Crippen LogP contribution in [0.25, 0.3) is 61.9 Å². The van der Waals surface area contributed by atoms with Gasteiger partial charge >= 0.3 is 34.3 Å².